The van der Waals surface area contributed by atoms with Gasteiger partial charge in [-0.05, 0) is 57.0 Å². The monoisotopic (exact) mass is 328 g/mol. The van der Waals surface area contributed by atoms with Crippen LogP contribution >= 0.6 is 0 Å². The number of nitrogens with one attached hydrogen (secondary N) is 2. The van der Waals surface area contributed by atoms with Gasteiger partial charge in [-0.3, -0.25) is 9.59 Å². The third kappa shape index (κ3) is 3.79. The standard InChI is InChI=1S/C19H21FN2O2/c1-12-9-10-13(2)16(11-12)22-18(24)19(3,4)17(23)21-15-8-6-5-7-14(15)20/h5-11H,1-4H3,(H,21,23)(H,22,24). The van der Waals surface area contributed by atoms with Gasteiger partial charge in [0.25, 0.3) is 0 Å². The number of carbonyl (C=O) groups is 2. The van der Waals surface area contributed by atoms with Gasteiger partial charge in [0.15, 0.2) is 0 Å². The zero-order chi connectivity index (χ0) is 17.9. The Morgan fingerprint density at radius 2 is 1.50 bits per heavy atom. The molecule has 2 rings (SSSR count). The molecular formula is C19H21FN2O2. The summed E-state index contributed by atoms with van der Waals surface area (Å²) in [6, 6.07) is 11.5. The van der Waals surface area contributed by atoms with Crippen molar-refractivity contribution in [2.24, 2.45) is 5.41 Å². The van der Waals surface area contributed by atoms with E-state index in [0.29, 0.717) is 5.69 Å². The van der Waals surface area contributed by atoms with Gasteiger partial charge >= 0.3 is 0 Å². The molecule has 2 aromatic carbocycles. The minimum Gasteiger partial charge on any atom is -0.325 e. The maximum atomic E-state index is 13.7. The maximum absolute atomic E-state index is 13.7. The van der Waals surface area contributed by atoms with Crippen LogP contribution in [0.5, 0.6) is 0 Å². The van der Waals surface area contributed by atoms with E-state index in [4.69, 9.17) is 0 Å². The number of rotatable bonds is 4. The number of aryl methyl sites for hydroxylation is 2. The number of amides is 2. The van der Waals surface area contributed by atoms with Crippen molar-refractivity contribution in [3.63, 3.8) is 0 Å². The van der Waals surface area contributed by atoms with Gasteiger partial charge in [-0.2, -0.15) is 0 Å². The molecule has 2 amide bonds. The lowest BCUT2D eigenvalue weighted by atomic mass is 9.90. The Kier molecular flexibility index (Phi) is 5.02. The van der Waals surface area contributed by atoms with Crippen LogP contribution in [0.3, 0.4) is 0 Å². The molecule has 0 radical (unpaired) electrons. The van der Waals surface area contributed by atoms with Crippen LogP contribution in [0, 0.1) is 25.1 Å². The summed E-state index contributed by atoms with van der Waals surface area (Å²) in [7, 11) is 0. The molecule has 0 heterocycles. The molecule has 5 heteroatoms. The second-order valence-corrected chi connectivity index (χ2v) is 6.33. The molecule has 2 aromatic rings. The molecule has 0 aliphatic carbocycles. The summed E-state index contributed by atoms with van der Waals surface area (Å²) in [4.78, 5) is 25.0. The quantitative estimate of drug-likeness (QED) is 0.832. The largest absolute Gasteiger partial charge is 0.325 e. The molecule has 0 bridgehead atoms. The number of anilines is 2. The molecular weight excluding hydrogens is 307 g/mol. The molecule has 126 valence electrons. The zero-order valence-electron chi connectivity index (χ0n) is 14.2. The highest BCUT2D eigenvalue weighted by Gasteiger charge is 2.36. The first-order valence-corrected chi connectivity index (χ1v) is 7.66. The normalized spacial score (nSPS) is 11.0. The van der Waals surface area contributed by atoms with Crippen molar-refractivity contribution < 1.29 is 14.0 Å². The van der Waals surface area contributed by atoms with E-state index in [2.05, 4.69) is 10.6 Å². The van der Waals surface area contributed by atoms with Crippen molar-refractivity contribution in [2.75, 3.05) is 10.6 Å². The highest BCUT2D eigenvalue weighted by atomic mass is 19.1. The van der Waals surface area contributed by atoms with Crippen molar-refractivity contribution in [1.29, 1.82) is 0 Å². The van der Waals surface area contributed by atoms with Crippen molar-refractivity contribution in [3.8, 4) is 0 Å². The van der Waals surface area contributed by atoms with E-state index in [1.54, 1.807) is 6.07 Å². The molecule has 0 fully saturated rings. The van der Waals surface area contributed by atoms with E-state index < -0.39 is 23.0 Å². The summed E-state index contributed by atoms with van der Waals surface area (Å²) >= 11 is 0. The average molecular weight is 328 g/mol. The van der Waals surface area contributed by atoms with Gasteiger partial charge in [0.05, 0.1) is 5.69 Å². The summed E-state index contributed by atoms with van der Waals surface area (Å²) in [5, 5.41) is 5.25. The van der Waals surface area contributed by atoms with Crippen LogP contribution in [-0.2, 0) is 9.59 Å². The Labute approximate surface area is 141 Å². The number of carbonyl (C=O) groups excluding carboxylic acids is 2. The SMILES string of the molecule is Cc1ccc(C)c(NC(=O)C(C)(C)C(=O)Nc2ccccc2F)c1. The summed E-state index contributed by atoms with van der Waals surface area (Å²) in [5.74, 6) is -1.57. The second-order valence-electron chi connectivity index (χ2n) is 6.33. The third-order valence-corrected chi connectivity index (χ3v) is 3.90. The number of hydrogen-bond acceptors (Lipinski definition) is 2. The maximum Gasteiger partial charge on any atom is 0.239 e. The smallest absolute Gasteiger partial charge is 0.239 e. The average Bonchev–Trinajstić information content (AvgIpc) is 2.53. The molecule has 2 N–H and O–H groups in total. The van der Waals surface area contributed by atoms with Gasteiger partial charge in [0, 0.05) is 5.69 Å². The lowest BCUT2D eigenvalue weighted by Gasteiger charge is -2.23. The number of benzene rings is 2. The van der Waals surface area contributed by atoms with Crippen LogP contribution in [-0.4, -0.2) is 11.8 Å². The fourth-order valence-electron chi connectivity index (χ4n) is 2.09. The Morgan fingerprint density at radius 1 is 0.917 bits per heavy atom. The molecule has 4 nitrogen and oxygen atoms in total. The van der Waals surface area contributed by atoms with Gasteiger partial charge in [0.1, 0.15) is 11.2 Å². The van der Waals surface area contributed by atoms with E-state index in [-0.39, 0.29) is 5.69 Å². The lowest BCUT2D eigenvalue weighted by Crippen LogP contribution is -2.41. The fraction of sp³-hybridized carbons (Fsp3) is 0.263. The highest BCUT2D eigenvalue weighted by molar-refractivity contribution is 6.14. The molecule has 0 atom stereocenters. The van der Waals surface area contributed by atoms with E-state index in [0.717, 1.165) is 11.1 Å². The van der Waals surface area contributed by atoms with Crippen LogP contribution in [0.4, 0.5) is 15.8 Å². The van der Waals surface area contributed by atoms with Gasteiger partial charge < -0.3 is 10.6 Å². The first-order chi connectivity index (χ1) is 11.2. The summed E-state index contributed by atoms with van der Waals surface area (Å²) in [6.45, 7) is 6.81. The first-order valence-electron chi connectivity index (χ1n) is 7.66. The lowest BCUT2D eigenvalue weighted by molar-refractivity contribution is -0.135. The Bertz CT molecular complexity index is 785. The van der Waals surface area contributed by atoms with E-state index in [1.807, 2.05) is 32.0 Å². The highest BCUT2D eigenvalue weighted by Crippen LogP contribution is 2.24. The molecule has 0 spiro atoms. The fourth-order valence-corrected chi connectivity index (χ4v) is 2.09. The molecule has 24 heavy (non-hydrogen) atoms. The van der Waals surface area contributed by atoms with Crippen molar-refractivity contribution in [3.05, 3.63) is 59.4 Å². The van der Waals surface area contributed by atoms with Crippen LogP contribution in [0.25, 0.3) is 0 Å². The Morgan fingerprint density at radius 3 is 2.12 bits per heavy atom. The topological polar surface area (TPSA) is 58.2 Å². The zero-order valence-corrected chi connectivity index (χ0v) is 14.2. The second kappa shape index (κ2) is 6.83. The van der Waals surface area contributed by atoms with Crippen LogP contribution in [0.1, 0.15) is 25.0 Å². The number of halogens is 1. The van der Waals surface area contributed by atoms with Gasteiger partial charge in [-0.15, -0.1) is 0 Å². The van der Waals surface area contributed by atoms with Crippen molar-refractivity contribution in [1.82, 2.24) is 0 Å². The number of para-hydroxylation sites is 1. The predicted octanol–water partition coefficient (Wildman–Crippen LogP) is 4.05. The predicted molar refractivity (Wildman–Crippen MR) is 93.4 cm³/mol. The van der Waals surface area contributed by atoms with Gasteiger partial charge in [0.2, 0.25) is 11.8 Å². The van der Waals surface area contributed by atoms with E-state index in [9.17, 15) is 14.0 Å². The molecule has 0 aromatic heterocycles. The minimum absolute atomic E-state index is 0.0510. The minimum atomic E-state index is -1.36. The molecule has 0 saturated carbocycles. The summed E-state index contributed by atoms with van der Waals surface area (Å²) < 4.78 is 13.7. The third-order valence-electron chi connectivity index (χ3n) is 3.90. The van der Waals surface area contributed by atoms with Gasteiger partial charge in [-0.1, -0.05) is 24.3 Å². The molecule has 0 unspecified atom stereocenters. The molecule has 0 aliphatic heterocycles. The summed E-state index contributed by atoms with van der Waals surface area (Å²) in [5.41, 5.74) is 1.25. The summed E-state index contributed by atoms with van der Waals surface area (Å²) in [6.07, 6.45) is 0. The van der Waals surface area contributed by atoms with Crippen LogP contribution < -0.4 is 10.6 Å². The van der Waals surface area contributed by atoms with Crippen molar-refractivity contribution in [2.45, 2.75) is 27.7 Å². The van der Waals surface area contributed by atoms with Crippen LogP contribution in [0.2, 0.25) is 0 Å². The molecule has 0 saturated heterocycles. The first kappa shape index (κ1) is 17.7. The molecule has 0 aliphatic rings. The van der Waals surface area contributed by atoms with Gasteiger partial charge in [-0.25, -0.2) is 4.39 Å². The number of hydrogen-bond donors (Lipinski definition) is 2. The Hall–Kier alpha value is -2.69. The van der Waals surface area contributed by atoms with Crippen LogP contribution in [0.15, 0.2) is 42.5 Å². The van der Waals surface area contributed by atoms with E-state index >= 15 is 0 Å². The van der Waals surface area contributed by atoms with Crippen molar-refractivity contribution >= 4 is 23.2 Å². The Balaban J connectivity index is 2.16. The van der Waals surface area contributed by atoms with E-state index in [1.165, 1.54) is 32.0 Å².